The average molecular weight is 279 g/mol. The van der Waals surface area contributed by atoms with Crippen LogP contribution in [-0.2, 0) is 11.3 Å². The molecule has 0 fully saturated rings. The number of nitrogens with one attached hydrogen (secondary N) is 2. The maximum Gasteiger partial charge on any atom is 0.321 e. The van der Waals surface area contributed by atoms with Gasteiger partial charge in [-0.15, -0.1) is 0 Å². The molecule has 6 nitrogen and oxygen atoms in total. The lowest BCUT2D eigenvalue weighted by Crippen LogP contribution is -2.32. The Labute approximate surface area is 118 Å². The number of urea groups is 1. The summed E-state index contributed by atoms with van der Waals surface area (Å²) in [6.45, 7) is 1.07. The zero-order valence-corrected chi connectivity index (χ0v) is 11.8. The number of para-hydroxylation sites is 1. The van der Waals surface area contributed by atoms with E-state index in [9.17, 15) is 9.59 Å². The molecule has 0 heterocycles. The fourth-order valence-electron chi connectivity index (χ4n) is 1.77. The molecule has 1 aromatic rings. The smallest absolute Gasteiger partial charge is 0.321 e. The third kappa shape index (κ3) is 5.27. The van der Waals surface area contributed by atoms with Crippen LogP contribution in [0.15, 0.2) is 24.3 Å². The van der Waals surface area contributed by atoms with Crippen molar-refractivity contribution in [3.05, 3.63) is 29.8 Å². The van der Waals surface area contributed by atoms with E-state index in [1.807, 2.05) is 31.3 Å². The van der Waals surface area contributed by atoms with E-state index in [1.54, 1.807) is 7.05 Å². The minimum atomic E-state index is -0.849. The number of anilines is 1. The minimum Gasteiger partial charge on any atom is -0.481 e. The number of hydrogen-bond acceptors (Lipinski definition) is 3. The van der Waals surface area contributed by atoms with Crippen molar-refractivity contribution in [3.8, 4) is 0 Å². The van der Waals surface area contributed by atoms with Crippen molar-refractivity contribution in [1.82, 2.24) is 10.2 Å². The normalized spacial score (nSPS) is 10.1. The van der Waals surface area contributed by atoms with Gasteiger partial charge in [0.1, 0.15) is 0 Å². The monoisotopic (exact) mass is 279 g/mol. The van der Waals surface area contributed by atoms with Crippen molar-refractivity contribution < 1.29 is 14.7 Å². The summed E-state index contributed by atoms with van der Waals surface area (Å²) in [5.41, 5.74) is 1.76. The predicted molar refractivity (Wildman–Crippen MR) is 77.7 cm³/mol. The van der Waals surface area contributed by atoms with Gasteiger partial charge in [-0.3, -0.25) is 4.79 Å². The number of rotatable bonds is 7. The molecule has 0 saturated carbocycles. The Morgan fingerprint density at radius 2 is 2.00 bits per heavy atom. The second-order valence-electron chi connectivity index (χ2n) is 4.54. The van der Waals surface area contributed by atoms with Gasteiger partial charge >= 0.3 is 12.0 Å². The largest absolute Gasteiger partial charge is 0.481 e. The minimum absolute atomic E-state index is 0.0635. The van der Waals surface area contributed by atoms with Gasteiger partial charge in [0, 0.05) is 32.2 Å². The number of carboxylic acid groups (broad SMARTS) is 1. The number of carboxylic acids is 1. The third-order valence-electron chi connectivity index (χ3n) is 2.86. The molecule has 2 amide bonds. The molecule has 3 N–H and O–H groups in total. The van der Waals surface area contributed by atoms with E-state index in [2.05, 4.69) is 10.6 Å². The number of hydrogen-bond donors (Lipinski definition) is 3. The standard InChI is InChI=1S/C14H21N3O3/c1-15-10-11-6-3-4-7-12(11)16-14(20)17(2)9-5-8-13(18)19/h3-4,6-7,15H,5,8-10H2,1-2H3,(H,16,20)(H,18,19). The fourth-order valence-corrected chi connectivity index (χ4v) is 1.77. The Kier molecular flexibility index (Phi) is 6.52. The van der Waals surface area contributed by atoms with Crippen LogP contribution in [0.1, 0.15) is 18.4 Å². The van der Waals surface area contributed by atoms with E-state index >= 15 is 0 Å². The van der Waals surface area contributed by atoms with Crippen molar-refractivity contribution in [3.63, 3.8) is 0 Å². The zero-order chi connectivity index (χ0) is 15.0. The number of benzene rings is 1. The molecule has 0 aliphatic rings. The molecular weight excluding hydrogens is 258 g/mol. The Bertz CT molecular complexity index is 463. The first-order valence-electron chi connectivity index (χ1n) is 6.51. The van der Waals surface area contributed by atoms with Crippen LogP contribution in [0, 0.1) is 0 Å². The lowest BCUT2D eigenvalue weighted by Gasteiger charge is -2.19. The van der Waals surface area contributed by atoms with Crippen molar-refractivity contribution in [2.75, 3.05) is 26.0 Å². The second-order valence-corrected chi connectivity index (χ2v) is 4.54. The van der Waals surface area contributed by atoms with E-state index in [0.717, 1.165) is 11.3 Å². The molecule has 0 aliphatic carbocycles. The Morgan fingerprint density at radius 1 is 1.30 bits per heavy atom. The molecule has 0 aromatic heterocycles. The zero-order valence-electron chi connectivity index (χ0n) is 11.8. The van der Waals surface area contributed by atoms with Gasteiger partial charge in [0.25, 0.3) is 0 Å². The number of carbonyl (C=O) groups excluding carboxylic acids is 1. The van der Waals surface area contributed by atoms with Gasteiger partial charge in [0.05, 0.1) is 0 Å². The third-order valence-corrected chi connectivity index (χ3v) is 2.86. The fraction of sp³-hybridized carbons (Fsp3) is 0.429. The quantitative estimate of drug-likeness (QED) is 0.710. The summed E-state index contributed by atoms with van der Waals surface area (Å²) in [6.07, 6.45) is 0.505. The maximum absolute atomic E-state index is 12.0. The van der Waals surface area contributed by atoms with Gasteiger partial charge in [-0.2, -0.15) is 0 Å². The summed E-state index contributed by atoms with van der Waals surface area (Å²) < 4.78 is 0. The molecule has 0 saturated heterocycles. The van der Waals surface area contributed by atoms with E-state index in [0.29, 0.717) is 19.5 Å². The molecule has 1 rings (SSSR count). The van der Waals surface area contributed by atoms with Gasteiger partial charge in [0.15, 0.2) is 0 Å². The highest BCUT2D eigenvalue weighted by atomic mass is 16.4. The summed E-state index contributed by atoms with van der Waals surface area (Å²) in [4.78, 5) is 23.9. The highest BCUT2D eigenvalue weighted by Crippen LogP contribution is 2.15. The van der Waals surface area contributed by atoms with Crippen LogP contribution in [0.4, 0.5) is 10.5 Å². The Balaban J connectivity index is 2.54. The summed E-state index contributed by atoms with van der Waals surface area (Å²) in [7, 11) is 3.49. The molecule has 20 heavy (non-hydrogen) atoms. The lowest BCUT2D eigenvalue weighted by atomic mass is 10.2. The van der Waals surface area contributed by atoms with E-state index in [1.165, 1.54) is 4.90 Å². The maximum atomic E-state index is 12.0. The Morgan fingerprint density at radius 3 is 2.65 bits per heavy atom. The number of aliphatic carboxylic acids is 1. The predicted octanol–water partition coefficient (Wildman–Crippen LogP) is 1.73. The van der Waals surface area contributed by atoms with Crippen molar-refractivity contribution in [1.29, 1.82) is 0 Å². The molecule has 110 valence electrons. The van der Waals surface area contributed by atoms with Crippen molar-refractivity contribution in [2.45, 2.75) is 19.4 Å². The van der Waals surface area contributed by atoms with Crippen LogP contribution < -0.4 is 10.6 Å². The summed E-state index contributed by atoms with van der Waals surface area (Å²) in [5, 5.41) is 14.4. The van der Waals surface area contributed by atoms with E-state index < -0.39 is 5.97 Å². The highest BCUT2D eigenvalue weighted by molar-refractivity contribution is 5.90. The number of carbonyl (C=O) groups is 2. The molecule has 0 unspecified atom stereocenters. The van der Waals surface area contributed by atoms with Gasteiger partial charge < -0.3 is 20.6 Å². The van der Waals surface area contributed by atoms with Crippen LogP contribution >= 0.6 is 0 Å². The molecule has 6 heteroatoms. The van der Waals surface area contributed by atoms with Gasteiger partial charge in [-0.1, -0.05) is 18.2 Å². The molecular formula is C14H21N3O3. The molecule has 1 aromatic carbocycles. The molecule has 0 bridgehead atoms. The van der Waals surface area contributed by atoms with Crippen LogP contribution in [0.3, 0.4) is 0 Å². The van der Waals surface area contributed by atoms with Crippen LogP contribution in [0.2, 0.25) is 0 Å². The molecule has 0 atom stereocenters. The Hall–Kier alpha value is -2.08. The average Bonchev–Trinajstić information content (AvgIpc) is 2.40. The van der Waals surface area contributed by atoms with E-state index in [4.69, 9.17) is 5.11 Å². The van der Waals surface area contributed by atoms with Gasteiger partial charge in [0.2, 0.25) is 0 Å². The van der Waals surface area contributed by atoms with Crippen LogP contribution in [0.25, 0.3) is 0 Å². The highest BCUT2D eigenvalue weighted by Gasteiger charge is 2.11. The lowest BCUT2D eigenvalue weighted by molar-refractivity contribution is -0.137. The molecule has 0 aliphatic heterocycles. The summed E-state index contributed by atoms with van der Waals surface area (Å²) in [6, 6.07) is 7.32. The van der Waals surface area contributed by atoms with Crippen molar-refractivity contribution in [2.24, 2.45) is 0 Å². The number of amides is 2. The molecule has 0 radical (unpaired) electrons. The first kappa shape index (κ1) is 16.0. The van der Waals surface area contributed by atoms with Crippen LogP contribution in [0.5, 0.6) is 0 Å². The van der Waals surface area contributed by atoms with E-state index in [-0.39, 0.29) is 12.5 Å². The van der Waals surface area contributed by atoms with Crippen molar-refractivity contribution >= 4 is 17.7 Å². The summed E-state index contributed by atoms with van der Waals surface area (Å²) >= 11 is 0. The first-order valence-corrected chi connectivity index (χ1v) is 6.51. The van der Waals surface area contributed by atoms with Crippen LogP contribution in [-0.4, -0.2) is 42.6 Å². The first-order chi connectivity index (χ1) is 9.54. The number of nitrogens with zero attached hydrogens (tertiary/aromatic N) is 1. The second kappa shape index (κ2) is 8.16. The SMILES string of the molecule is CNCc1ccccc1NC(=O)N(C)CCCC(=O)O. The summed E-state index contributed by atoms with van der Waals surface area (Å²) in [5.74, 6) is -0.849. The van der Waals surface area contributed by atoms with Gasteiger partial charge in [-0.05, 0) is 25.1 Å². The molecule has 0 spiro atoms. The topological polar surface area (TPSA) is 81.7 Å². The van der Waals surface area contributed by atoms with Gasteiger partial charge in [-0.25, -0.2) is 4.79 Å².